The Morgan fingerprint density at radius 2 is 1.86 bits per heavy atom. The maximum Gasteiger partial charge on any atom is 0.404 e. The Morgan fingerprint density at radius 3 is 2.50 bits per heavy atom. The zero-order valence-corrected chi connectivity index (χ0v) is 25.2. The van der Waals surface area contributed by atoms with Gasteiger partial charge in [0.2, 0.25) is 6.29 Å². The second-order valence-electron chi connectivity index (χ2n) is 11.2. The molecular weight excluding hydrogens is 576 g/mol. The SMILES string of the molecule is CO[C@H]1[C@H](OC(N)=O)[C@H](O)[C@H](Oc2ccc3c(O)c(NC(=O)c4ccc(O)c(CC=C(C)C)c4)c(=O)oc3c2C)OC1(C)C. The molecule has 2 amide bonds. The van der Waals surface area contributed by atoms with Gasteiger partial charge in [-0.2, -0.15) is 0 Å². The molecule has 4 rings (SSSR count). The number of phenolic OH excluding ortho intramolecular Hbond substituents is 1. The van der Waals surface area contributed by atoms with Crippen LogP contribution in [0.5, 0.6) is 17.2 Å². The molecular formula is C31H36N2O11. The van der Waals surface area contributed by atoms with Crippen LogP contribution >= 0.6 is 0 Å². The number of hydrogen-bond donors (Lipinski definition) is 5. The summed E-state index contributed by atoms with van der Waals surface area (Å²) < 4.78 is 27.9. The average Bonchev–Trinajstić information content (AvgIpc) is 2.94. The molecule has 236 valence electrons. The minimum Gasteiger partial charge on any atom is -0.508 e. The highest BCUT2D eigenvalue weighted by molar-refractivity contribution is 6.06. The Kier molecular flexibility index (Phi) is 9.23. The number of fused-ring (bicyclic) bond motifs is 1. The van der Waals surface area contributed by atoms with E-state index < -0.39 is 59.3 Å². The van der Waals surface area contributed by atoms with E-state index in [1.54, 1.807) is 20.8 Å². The number of benzene rings is 2. The van der Waals surface area contributed by atoms with E-state index in [0.717, 1.165) is 5.57 Å². The molecule has 0 spiro atoms. The monoisotopic (exact) mass is 612 g/mol. The summed E-state index contributed by atoms with van der Waals surface area (Å²) in [4.78, 5) is 37.5. The number of aliphatic hydroxyl groups is 1. The van der Waals surface area contributed by atoms with E-state index in [9.17, 15) is 29.7 Å². The van der Waals surface area contributed by atoms with Gasteiger partial charge >= 0.3 is 11.7 Å². The van der Waals surface area contributed by atoms with Crippen molar-refractivity contribution in [2.45, 2.75) is 71.2 Å². The first kappa shape index (κ1) is 32.3. The fourth-order valence-electron chi connectivity index (χ4n) is 5.06. The van der Waals surface area contributed by atoms with Gasteiger partial charge in [0.1, 0.15) is 23.2 Å². The Balaban J connectivity index is 1.63. The molecule has 1 saturated heterocycles. The van der Waals surface area contributed by atoms with Crippen molar-refractivity contribution in [1.82, 2.24) is 0 Å². The predicted molar refractivity (Wildman–Crippen MR) is 159 cm³/mol. The van der Waals surface area contributed by atoms with E-state index >= 15 is 0 Å². The van der Waals surface area contributed by atoms with Gasteiger partial charge in [-0.25, -0.2) is 9.59 Å². The number of hydrogen-bond acceptors (Lipinski definition) is 11. The molecule has 1 aliphatic rings. The Morgan fingerprint density at radius 1 is 1.16 bits per heavy atom. The summed E-state index contributed by atoms with van der Waals surface area (Å²) in [6.07, 6.45) is -3.81. The number of aryl methyl sites for hydroxylation is 1. The van der Waals surface area contributed by atoms with Crippen molar-refractivity contribution < 1.29 is 48.3 Å². The molecule has 2 heterocycles. The normalized spacial score (nSPS) is 21.0. The molecule has 0 unspecified atom stereocenters. The van der Waals surface area contributed by atoms with Crippen LogP contribution in [0.2, 0.25) is 0 Å². The van der Waals surface area contributed by atoms with Crippen LogP contribution in [0, 0.1) is 6.92 Å². The maximum atomic E-state index is 13.0. The number of carbonyl (C=O) groups excluding carboxylic acids is 2. The number of nitrogens with two attached hydrogens (primary N) is 1. The highest BCUT2D eigenvalue weighted by Gasteiger charge is 2.53. The molecule has 1 fully saturated rings. The highest BCUT2D eigenvalue weighted by Crippen LogP contribution is 2.38. The van der Waals surface area contributed by atoms with Crippen molar-refractivity contribution in [1.29, 1.82) is 0 Å². The molecule has 0 bridgehead atoms. The van der Waals surface area contributed by atoms with Crippen LogP contribution in [0.3, 0.4) is 0 Å². The van der Waals surface area contributed by atoms with Gasteiger partial charge in [-0.1, -0.05) is 11.6 Å². The van der Waals surface area contributed by atoms with Crippen LogP contribution in [0.4, 0.5) is 10.5 Å². The van der Waals surface area contributed by atoms with Gasteiger partial charge in [-0.3, -0.25) is 4.79 Å². The van der Waals surface area contributed by atoms with Gasteiger partial charge in [0.15, 0.2) is 23.6 Å². The maximum absolute atomic E-state index is 13.0. The fourth-order valence-corrected chi connectivity index (χ4v) is 5.06. The number of methoxy groups -OCH3 is 1. The Hall–Kier alpha value is -4.59. The topological polar surface area (TPSA) is 200 Å². The number of aliphatic hydroxyl groups excluding tert-OH is 1. The smallest absolute Gasteiger partial charge is 0.404 e. The van der Waals surface area contributed by atoms with Gasteiger partial charge in [0.05, 0.1) is 11.0 Å². The van der Waals surface area contributed by atoms with Crippen LogP contribution in [-0.2, 0) is 20.6 Å². The van der Waals surface area contributed by atoms with E-state index in [1.807, 2.05) is 19.9 Å². The Labute approximate surface area is 252 Å². The lowest BCUT2D eigenvalue weighted by Crippen LogP contribution is -2.65. The first-order chi connectivity index (χ1) is 20.6. The number of amides is 2. The van der Waals surface area contributed by atoms with E-state index in [1.165, 1.54) is 37.4 Å². The van der Waals surface area contributed by atoms with Crippen molar-refractivity contribution >= 4 is 28.7 Å². The van der Waals surface area contributed by atoms with Crippen molar-refractivity contribution in [2.24, 2.45) is 5.73 Å². The van der Waals surface area contributed by atoms with E-state index in [4.69, 9.17) is 29.1 Å². The molecule has 13 nitrogen and oxygen atoms in total. The number of anilines is 1. The third kappa shape index (κ3) is 6.49. The molecule has 3 aromatic rings. The third-order valence-corrected chi connectivity index (χ3v) is 7.33. The van der Waals surface area contributed by atoms with Crippen LogP contribution in [0.15, 0.2) is 51.2 Å². The molecule has 4 atom stereocenters. The number of allylic oxidation sites excluding steroid dienone is 2. The summed E-state index contributed by atoms with van der Waals surface area (Å²) in [5, 5.41) is 34.6. The van der Waals surface area contributed by atoms with Crippen LogP contribution in [0.1, 0.15) is 49.2 Å². The third-order valence-electron chi connectivity index (χ3n) is 7.33. The molecule has 44 heavy (non-hydrogen) atoms. The molecule has 0 saturated carbocycles. The zero-order chi connectivity index (χ0) is 32.5. The fraction of sp³-hybridized carbons (Fsp3) is 0.387. The molecule has 1 aliphatic heterocycles. The quantitative estimate of drug-likeness (QED) is 0.184. The van der Waals surface area contributed by atoms with Crippen LogP contribution < -0.4 is 21.4 Å². The van der Waals surface area contributed by atoms with Gasteiger partial charge < -0.3 is 49.7 Å². The number of phenols is 1. The molecule has 1 aromatic heterocycles. The average molecular weight is 613 g/mol. The lowest BCUT2D eigenvalue weighted by Gasteiger charge is -2.47. The number of rotatable bonds is 8. The van der Waals surface area contributed by atoms with Crippen LogP contribution in [0.25, 0.3) is 11.0 Å². The summed E-state index contributed by atoms with van der Waals surface area (Å²) in [6, 6.07) is 7.12. The summed E-state index contributed by atoms with van der Waals surface area (Å²) >= 11 is 0. The first-order valence-corrected chi connectivity index (χ1v) is 13.7. The summed E-state index contributed by atoms with van der Waals surface area (Å²) in [5.74, 6) is -1.09. The number of ether oxygens (including phenoxy) is 4. The van der Waals surface area contributed by atoms with Gasteiger partial charge in [0.25, 0.3) is 5.91 Å². The van der Waals surface area contributed by atoms with E-state index in [2.05, 4.69) is 5.32 Å². The van der Waals surface area contributed by atoms with Gasteiger partial charge in [-0.15, -0.1) is 0 Å². The van der Waals surface area contributed by atoms with Crippen molar-refractivity contribution in [3.05, 3.63) is 69.1 Å². The highest BCUT2D eigenvalue weighted by atomic mass is 16.7. The van der Waals surface area contributed by atoms with Crippen molar-refractivity contribution in [3.63, 3.8) is 0 Å². The number of primary amides is 1. The van der Waals surface area contributed by atoms with Gasteiger partial charge in [0, 0.05) is 18.2 Å². The summed E-state index contributed by atoms with van der Waals surface area (Å²) in [5.41, 5.74) is 4.54. The number of nitrogens with one attached hydrogen (secondary N) is 1. The Bertz CT molecular complexity index is 1670. The minimum atomic E-state index is -1.52. The lowest BCUT2D eigenvalue weighted by atomic mass is 9.89. The van der Waals surface area contributed by atoms with E-state index in [0.29, 0.717) is 12.0 Å². The molecule has 0 radical (unpaired) electrons. The lowest BCUT2D eigenvalue weighted by molar-refractivity contribution is -0.304. The predicted octanol–water partition coefficient (Wildman–Crippen LogP) is 3.63. The number of aromatic hydroxyl groups is 2. The second kappa shape index (κ2) is 12.6. The second-order valence-corrected chi connectivity index (χ2v) is 11.2. The summed E-state index contributed by atoms with van der Waals surface area (Å²) in [7, 11) is 1.37. The summed E-state index contributed by atoms with van der Waals surface area (Å²) in [6.45, 7) is 8.69. The molecule has 6 N–H and O–H groups in total. The first-order valence-electron chi connectivity index (χ1n) is 13.7. The molecule has 0 aliphatic carbocycles. The van der Waals surface area contributed by atoms with E-state index in [-0.39, 0.29) is 33.6 Å². The standard InChI is InChI=1S/C31H36N2O11/c1-14(2)7-8-16-13-17(9-11-19(16)34)27(37)33-21-22(35)18-10-12-20(15(3)24(18)42-28(21)38)41-29-23(36)25(43-30(32)39)26(40-6)31(4,5)44-29/h7,9-13,23,25-26,29,34-36H,8H2,1-6H3,(H2,32,39)(H,33,37)/t23-,25+,26-,29+/m0/s1. The van der Waals surface area contributed by atoms with Gasteiger partial charge in [-0.05, 0) is 76.9 Å². The molecule has 13 heteroatoms. The number of carbonyl (C=O) groups is 2. The largest absolute Gasteiger partial charge is 0.508 e. The van der Waals surface area contributed by atoms with Crippen LogP contribution in [-0.4, -0.2) is 64.6 Å². The van der Waals surface area contributed by atoms with Crippen molar-refractivity contribution in [3.8, 4) is 17.2 Å². The molecule has 2 aromatic carbocycles. The zero-order valence-electron chi connectivity index (χ0n) is 25.2. The van der Waals surface area contributed by atoms with Crippen molar-refractivity contribution in [2.75, 3.05) is 12.4 Å². The minimum absolute atomic E-state index is 0.0183.